The summed E-state index contributed by atoms with van der Waals surface area (Å²) in [5, 5.41) is 0. The molecule has 14 heteroatoms. The molecule has 2 aliphatic rings. The van der Waals surface area contributed by atoms with Crippen LogP contribution in [-0.2, 0) is 20.2 Å². The van der Waals surface area contributed by atoms with Gasteiger partial charge in [0.15, 0.2) is 0 Å². The number of halogens is 6. The number of benzene rings is 1. The molecule has 0 heterocycles. The quantitative estimate of drug-likeness (QED) is 0.391. The van der Waals surface area contributed by atoms with Crippen molar-refractivity contribution in [3.8, 4) is 11.5 Å². The molecule has 2 unspecified atom stereocenters. The lowest BCUT2D eigenvalue weighted by atomic mass is 9.90. The molecule has 158 valence electrons. The van der Waals surface area contributed by atoms with E-state index >= 15 is 0 Å². The molecular weight excluding hydrogens is 442 g/mol. The fraction of sp³-hybridized carbons (Fsp3) is 0.571. The Labute approximate surface area is 155 Å². The highest BCUT2D eigenvalue weighted by molar-refractivity contribution is 7.88. The van der Waals surface area contributed by atoms with Gasteiger partial charge in [-0.15, -0.1) is 0 Å². The van der Waals surface area contributed by atoms with E-state index < -0.39 is 54.6 Å². The van der Waals surface area contributed by atoms with Crippen molar-refractivity contribution in [2.75, 3.05) is 0 Å². The minimum absolute atomic E-state index is 0.0774. The number of alkyl halides is 6. The van der Waals surface area contributed by atoms with Crippen molar-refractivity contribution in [2.45, 2.75) is 42.6 Å². The van der Waals surface area contributed by atoms with E-state index in [0.29, 0.717) is 25.0 Å². The lowest BCUT2D eigenvalue weighted by molar-refractivity contribution is -0.0506. The molecule has 2 bridgehead atoms. The Morgan fingerprint density at radius 3 is 1.39 bits per heavy atom. The first-order valence-electron chi connectivity index (χ1n) is 7.75. The Kier molecular flexibility index (Phi) is 4.61. The van der Waals surface area contributed by atoms with E-state index in [1.165, 1.54) is 0 Å². The standard InChI is InChI=1S/C14H12F6O6S2/c1-6-7-2-3-8(6)12-10(26-28(23,24)14(18,19)20)5-4-9(11(7)12)25-27(21,22)13(15,16)17/h4-8H,2-3H2,1H3. The third-order valence-corrected chi connectivity index (χ3v) is 6.90. The van der Waals surface area contributed by atoms with Gasteiger partial charge in [-0.2, -0.15) is 43.2 Å². The minimum Gasteiger partial charge on any atom is -0.376 e. The Hall–Kier alpha value is -1.70. The molecule has 0 amide bonds. The maximum Gasteiger partial charge on any atom is 0.534 e. The molecule has 1 aromatic carbocycles. The summed E-state index contributed by atoms with van der Waals surface area (Å²) < 4.78 is 129. The van der Waals surface area contributed by atoms with Crippen molar-refractivity contribution in [2.24, 2.45) is 5.92 Å². The summed E-state index contributed by atoms with van der Waals surface area (Å²) >= 11 is 0. The molecule has 1 aromatic rings. The Morgan fingerprint density at radius 1 is 0.786 bits per heavy atom. The number of rotatable bonds is 4. The fourth-order valence-electron chi connectivity index (χ4n) is 3.82. The van der Waals surface area contributed by atoms with Crippen LogP contribution in [0.1, 0.15) is 42.7 Å². The molecular formula is C14H12F6O6S2. The van der Waals surface area contributed by atoms with Crippen molar-refractivity contribution < 1.29 is 51.5 Å². The van der Waals surface area contributed by atoms with Crippen LogP contribution in [0.5, 0.6) is 11.5 Å². The third kappa shape index (κ3) is 3.19. The summed E-state index contributed by atoms with van der Waals surface area (Å²) in [6.07, 6.45) is 0.855. The lowest BCUT2D eigenvalue weighted by Gasteiger charge is -2.22. The van der Waals surface area contributed by atoms with Crippen LogP contribution in [0.4, 0.5) is 26.3 Å². The average Bonchev–Trinajstić information content (AvgIpc) is 3.01. The maximum atomic E-state index is 12.6. The molecule has 1 saturated carbocycles. The Bertz CT molecular complexity index is 931. The van der Waals surface area contributed by atoms with Gasteiger partial charge in [0.2, 0.25) is 0 Å². The molecule has 0 spiro atoms. The van der Waals surface area contributed by atoms with E-state index in [9.17, 15) is 43.2 Å². The van der Waals surface area contributed by atoms with Crippen LogP contribution < -0.4 is 8.37 Å². The van der Waals surface area contributed by atoms with Gasteiger partial charge in [-0.3, -0.25) is 0 Å². The van der Waals surface area contributed by atoms with Crippen molar-refractivity contribution in [3.05, 3.63) is 23.3 Å². The minimum atomic E-state index is -6.02. The van der Waals surface area contributed by atoms with Gasteiger partial charge in [-0.25, -0.2) is 0 Å². The molecule has 6 nitrogen and oxygen atoms in total. The summed E-state index contributed by atoms with van der Waals surface area (Å²) in [6, 6.07) is 1.33. The van der Waals surface area contributed by atoms with Crippen LogP contribution >= 0.6 is 0 Å². The van der Waals surface area contributed by atoms with Crippen LogP contribution in [0, 0.1) is 5.92 Å². The lowest BCUT2D eigenvalue weighted by Crippen LogP contribution is -2.29. The van der Waals surface area contributed by atoms with Crippen LogP contribution in [0.15, 0.2) is 12.1 Å². The predicted molar refractivity (Wildman–Crippen MR) is 81.5 cm³/mol. The number of hydrogen-bond donors (Lipinski definition) is 0. The van der Waals surface area contributed by atoms with Crippen molar-refractivity contribution in [1.29, 1.82) is 0 Å². The van der Waals surface area contributed by atoms with Gasteiger partial charge in [0.05, 0.1) is 0 Å². The summed E-state index contributed by atoms with van der Waals surface area (Å²) in [6.45, 7) is 1.67. The van der Waals surface area contributed by atoms with E-state index in [1.54, 1.807) is 6.92 Å². The van der Waals surface area contributed by atoms with Crippen LogP contribution in [-0.4, -0.2) is 27.9 Å². The van der Waals surface area contributed by atoms with Gasteiger partial charge in [0.25, 0.3) is 0 Å². The zero-order valence-electron chi connectivity index (χ0n) is 13.8. The second-order valence-corrected chi connectivity index (χ2v) is 9.58. The molecule has 2 atom stereocenters. The summed E-state index contributed by atoms with van der Waals surface area (Å²) in [5.41, 5.74) is -11.6. The predicted octanol–water partition coefficient (Wildman–Crippen LogP) is 3.75. The SMILES string of the molecule is CC1C2CCC1c1c(OS(=O)(=O)C(F)(F)F)ccc(OS(=O)(=O)C(F)(F)F)c12. The van der Waals surface area contributed by atoms with Gasteiger partial charge >= 0.3 is 31.3 Å². The van der Waals surface area contributed by atoms with Crippen molar-refractivity contribution in [3.63, 3.8) is 0 Å². The average molecular weight is 454 g/mol. The first-order chi connectivity index (χ1) is 12.6. The molecule has 3 rings (SSSR count). The molecule has 0 aliphatic heterocycles. The van der Waals surface area contributed by atoms with E-state index in [2.05, 4.69) is 8.37 Å². The monoisotopic (exact) mass is 454 g/mol. The second kappa shape index (κ2) is 6.15. The van der Waals surface area contributed by atoms with Gasteiger partial charge in [-0.1, -0.05) is 6.92 Å². The molecule has 2 aliphatic carbocycles. The largest absolute Gasteiger partial charge is 0.534 e. The highest BCUT2D eigenvalue weighted by Crippen LogP contribution is 2.62. The van der Waals surface area contributed by atoms with Crippen LogP contribution in [0.3, 0.4) is 0 Å². The van der Waals surface area contributed by atoms with E-state index in [1.807, 2.05) is 0 Å². The van der Waals surface area contributed by atoms with Crippen LogP contribution in [0.2, 0.25) is 0 Å². The summed E-state index contributed by atoms with van der Waals surface area (Å²) in [5.74, 6) is -2.69. The van der Waals surface area contributed by atoms with E-state index in [0.717, 1.165) is 0 Å². The zero-order valence-corrected chi connectivity index (χ0v) is 15.5. The van der Waals surface area contributed by atoms with Gasteiger partial charge in [0, 0.05) is 11.1 Å². The van der Waals surface area contributed by atoms with Crippen molar-refractivity contribution >= 4 is 20.2 Å². The third-order valence-electron chi connectivity index (χ3n) is 4.97. The summed E-state index contributed by atoms with van der Waals surface area (Å²) in [4.78, 5) is 0. The smallest absolute Gasteiger partial charge is 0.376 e. The summed E-state index contributed by atoms with van der Waals surface area (Å²) in [7, 11) is -12.0. The molecule has 1 fully saturated rings. The molecule has 0 saturated heterocycles. The topological polar surface area (TPSA) is 86.7 Å². The van der Waals surface area contributed by atoms with E-state index in [4.69, 9.17) is 0 Å². The van der Waals surface area contributed by atoms with Crippen LogP contribution in [0.25, 0.3) is 0 Å². The van der Waals surface area contributed by atoms with Gasteiger partial charge < -0.3 is 8.37 Å². The number of fused-ring (bicyclic) bond motifs is 5. The first kappa shape index (κ1) is 21.0. The number of hydrogen-bond acceptors (Lipinski definition) is 6. The zero-order chi connectivity index (χ0) is 21.3. The second-order valence-electron chi connectivity index (χ2n) is 6.51. The first-order valence-corrected chi connectivity index (χ1v) is 10.6. The fourth-order valence-corrected chi connectivity index (χ4v) is 4.77. The van der Waals surface area contributed by atoms with Gasteiger partial charge in [-0.05, 0) is 42.7 Å². The normalized spacial score (nSPS) is 24.9. The Balaban J connectivity index is 2.12. The highest BCUT2D eigenvalue weighted by atomic mass is 32.2. The van der Waals surface area contributed by atoms with E-state index in [-0.39, 0.29) is 17.0 Å². The molecule has 0 radical (unpaired) electrons. The molecule has 0 N–H and O–H groups in total. The van der Waals surface area contributed by atoms with Crippen molar-refractivity contribution in [1.82, 2.24) is 0 Å². The maximum absolute atomic E-state index is 12.6. The highest BCUT2D eigenvalue weighted by Gasteiger charge is 2.53. The molecule has 28 heavy (non-hydrogen) atoms. The Morgan fingerprint density at radius 2 is 1.11 bits per heavy atom. The van der Waals surface area contributed by atoms with Gasteiger partial charge in [0.1, 0.15) is 11.5 Å². The molecule has 0 aromatic heterocycles.